The predicted molar refractivity (Wildman–Crippen MR) is 112 cm³/mol. The fourth-order valence-corrected chi connectivity index (χ4v) is 4.23. The Morgan fingerprint density at radius 3 is 2.36 bits per heavy atom. The largest absolute Gasteiger partial charge is 0.274 e. The molecule has 0 aliphatic rings. The van der Waals surface area contributed by atoms with Gasteiger partial charge in [0.05, 0.1) is 0 Å². The molecule has 0 N–H and O–H groups in total. The van der Waals surface area contributed by atoms with E-state index < -0.39 is 0 Å². The van der Waals surface area contributed by atoms with Crippen molar-refractivity contribution < 1.29 is 4.92 Å². The zero-order chi connectivity index (χ0) is 20.3. The van der Waals surface area contributed by atoms with E-state index in [-0.39, 0.29) is 16.7 Å². The quantitative estimate of drug-likeness (QED) is 0.315. The first kappa shape index (κ1) is 20.1. The minimum absolute atomic E-state index is 0.175. The van der Waals surface area contributed by atoms with E-state index >= 15 is 0 Å². The van der Waals surface area contributed by atoms with Crippen molar-refractivity contribution >= 4 is 11.8 Å². The summed E-state index contributed by atoms with van der Waals surface area (Å²) in [4.78, 5) is 11.0. The lowest BCUT2D eigenvalue weighted by atomic mass is 10.0. The van der Waals surface area contributed by atoms with Gasteiger partial charge in [0.1, 0.15) is 11.1 Å². The molecule has 2 aromatic carbocycles. The second-order valence-electron chi connectivity index (χ2n) is 7.15. The summed E-state index contributed by atoms with van der Waals surface area (Å²) in [5.41, 5.74) is 4.22. The van der Waals surface area contributed by atoms with E-state index in [0.29, 0.717) is 11.1 Å². The molecule has 3 rings (SSSR count). The molecule has 28 heavy (non-hydrogen) atoms. The summed E-state index contributed by atoms with van der Waals surface area (Å²) in [6, 6.07) is 16.1. The molecule has 1 heterocycles. The molecule has 7 heteroatoms. The highest BCUT2D eigenvalue weighted by molar-refractivity contribution is 7.99. The van der Waals surface area contributed by atoms with Crippen molar-refractivity contribution in [1.29, 1.82) is 0 Å². The maximum absolute atomic E-state index is 11.3. The number of nitrogens with zero attached hydrogens (tertiary/aromatic N) is 4. The summed E-state index contributed by atoms with van der Waals surface area (Å²) < 4.78 is 1.95. The van der Waals surface area contributed by atoms with Crippen LogP contribution in [-0.2, 0) is 0 Å². The molecule has 0 radical (unpaired) electrons. The van der Waals surface area contributed by atoms with Gasteiger partial charge in [-0.05, 0) is 48.6 Å². The number of hydrogen-bond donors (Lipinski definition) is 0. The minimum Gasteiger partial charge on any atom is -0.274 e. The van der Waals surface area contributed by atoms with Gasteiger partial charge in [0.25, 0.3) is 0 Å². The lowest BCUT2D eigenvalue weighted by molar-refractivity contribution is -0.479. The van der Waals surface area contributed by atoms with Crippen LogP contribution in [0.5, 0.6) is 0 Å². The number of rotatable bonds is 7. The van der Waals surface area contributed by atoms with Gasteiger partial charge in [0, 0.05) is 10.6 Å². The number of aromatic nitrogens is 3. The first-order valence-electron chi connectivity index (χ1n) is 9.22. The molecule has 0 fully saturated rings. The molecular formula is C21H24N4O2S. The molecule has 0 aliphatic heterocycles. The standard InChI is InChI=1S/C21H24N4O2S/c1-14(2)17-8-10-18(11-9-17)20(13-24(26)27)28-21-23-22-16(4)25(21)19-7-5-6-15(3)12-19/h5-12,14,20H,13H2,1-4H3/t20-/m0/s1. The average Bonchev–Trinajstić information content (AvgIpc) is 3.01. The van der Waals surface area contributed by atoms with Crippen LogP contribution in [0.1, 0.15) is 47.5 Å². The van der Waals surface area contributed by atoms with Gasteiger partial charge in [-0.25, -0.2) is 0 Å². The molecule has 0 spiro atoms. The predicted octanol–water partition coefficient (Wildman–Crippen LogP) is 5.12. The van der Waals surface area contributed by atoms with Crippen molar-refractivity contribution in [2.45, 2.75) is 44.0 Å². The van der Waals surface area contributed by atoms with Crippen LogP contribution in [0.25, 0.3) is 5.69 Å². The zero-order valence-corrected chi connectivity index (χ0v) is 17.3. The van der Waals surface area contributed by atoms with Crippen molar-refractivity contribution in [3.63, 3.8) is 0 Å². The first-order valence-corrected chi connectivity index (χ1v) is 10.1. The molecule has 6 nitrogen and oxygen atoms in total. The van der Waals surface area contributed by atoms with Crippen molar-refractivity contribution in [2.24, 2.45) is 0 Å². The summed E-state index contributed by atoms with van der Waals surface area (Å²) in [6.45, 7) is 8.00. The van der Waals surface area contributed by atoms with Crippen LogP contribution in [0.2, 0.25) is 0 Å². The molecule has 0 saturated heterocycles. The van der Waals surface area contributed by atoms with Crippen LogP contribution in [0.15, 0.2) is 53.7 Å². The Labute approximate surface area is 169 Å². The van der Waals surface area contributed by atoms with Gasteiger partial charge < -0.3 is 0 Å². The van der Waals surface area contributed by atoms with E-state index in [1.165, 1.54) is 17.3 Å². The molecule has 0 bridgehead atoms. The molecule has 0 saturated carbocycles. The van der Waals surface area contributed by atoms with Crippen LogP contribution >= 0.6 is 11.8 Å². The van der Waals surface area contributed by atoms with Gasteiger partial charge >= 0.3 is 0 Å². The van der Waals surface area contributed by atoms with E-state index in [1.54, 1.807) is 0 Å². The summed E-state index contributed by atoms with van der Waals surface area (Å²) >= 11 is 1.38. The molecular weight excluding hydrogens is 372 g/mol. The van der Waals surface area contributed by atoms with Gasteiger partial charge in [-0.1, -0.05) is 62.0 Å². The third-order valence-electron chi connectivity index (χ3n) is 4.59. The Morgan fingerprint density at radius 2 is 1.75 bits per heavy atom. The SMILES string of the molecule is Cc1cccc(-n2c(C)nnc2S[C@@H](C[N+](=O)[O-])c2ccc(C(C)C)cc2)c1. The van der Waals surface area contributed by atoms with Crippen molar-refractivity contribution in [3.8, 4) is 5.69 Å². The van der Waals surface area contributed by atoms with Crippen LogP contribution < -0.4 is 0 Å². The minimum atomic E-state index is -0.344. The summed E-state index contributed by atoms with van der Waals surface area (Å²) in [6.07, 6.45) is 0. The molecule has 0 unspecified atom stereocenters. The number of hydrogen-bond acceptors (Lipinski definition) is 5. The highest BCUT2D eigenvalue weighted by atomic mass is 32.2. The summed E-state index contributed by atoms with van der Waals surface area (Å²) in [5.74, 6) is 1.17. The van der Waals surface area contributed by atoms with Crippen LogP contribution in [-0.4, -0.2) is 26.2 Å². The van der Waals surface area contributed by atoms with Gasteiger partial charge in [0.2, 0.25) is 6.54 Å². The van der Waals surface area contributed by atoms with Crippen molar-refractivity contribution in [1.82, 2.24) is 14.8 Å². The Kier molecular flexibility index (Phi) is 6.14. The Hall–Kier alpha value is -2.67. The lowest BCUT2D eigenvalue weighted by Crippen LogP contribution is -2.11. The maximum atomic E-state index is 11.3. The smallest absolute Gasteiger partial charge is 0.220 e. The Morgan fingerprint density at radius 1 is 1.07 bits per heavy atom. The first-order chi connectivity index (χ1) is 13.3. The van der Waals surface area contributed by atoms with Crippen molar-refractivity contribution in [2.75, 3.05) is 6.54 Å². The molecule has 1 atom stereocenters. The van der Waals surface area contributed by atoms with Gasteiger partial charge in [0.15, 0.2) is 5.16 Å². The van der Waals surface area contributed by atoms with Gasteiger partial charge in [-0.2, -0.15) is 0 Å². The maximum Gasteiger partial charge on any atom is 0.220 e. The highest BCUT2D eigenvalue weighted by Crippen LogP contribution is 2.36. The fourth-order valence-electron chi connectivity index (χ4n) is 3.05. The second kappa shape index (κ2) is 8.56. The number of benzene rings is 2. The third kappa shape index (κ3) is 4.59. The van der Waals surface area contributed by atoms with E-state index in [4.69, 9.17) is 0 Å². The number of nitro groups is 1. The Bertz CT molecular complexity index is 967. The molecule has 0 aliphatic carbocycles. The van der Waals surface area contributed by atoms with E-state index in [9.17, 15) is 10.1 Å². The van der Waals surface area contributed by atoms with E-state index in [0.717, 1.165) is 22.6 Å². The van der Waals surface area contributed by atoms with E-state index in [2.05, 4.69) is 30.1 Å². The van der Waals surface area contributed by atoms with Crippen LogP contribution in [0.3, 0.4) is 0 Å². The molecule has 146 valence electrons. The molecule has 0 amide bonds. The van der Waals surface area contributed by atoms with Crippen LogP contribution in [0, 0.1) is 24.0 Å². The van der Waals surface area contributed by atoms with Gasteiger partial charge in [-0.15, -0.1) is 10.2 Å². The number of aryl methyl sites for hydroxylation is 2. The topological polar surface area (TPSA) is 73.8 Å². The second-order valence-corrected chi connectivity index (χ2v) is 8.32. The van der Waals surface area contributed by atoms with Crippen molar-refractivity contribution in [3.05, 3.63) is 81.2 Å². The fraction of sp³-hybridized carbons (Fsp3) is 0.333. The lowest BCUT2D eigenvalue weighted by Gasteiger charge is -2.15. The third-order valence-corrected chi connectivity index (χ3v) is 5.77. The molecule has 3 aromatic rings. The Balaban J connectivity index is 1.95. The number of thioether (sulfide) groups is 1. The monoisotopic (exact) mass is 396 g/mol. The highest BCUT2D eigenvalue weighted by Gasteiger charge is 2.24. The summed E-state index contributed by atoms with van der Waals surface area (Å²) in [7, 11) is 0. The molecule has 1 aromatic heterocycles. The normalized spacial score (nSPS) is 12.3. The average molecular weight is 397 g/mol. The summed E-state index contributed by atoms with van der Waals surface area (Å²) in [5, 5.41) is 20.1. The van der Waals surface area contributed by atoms with E-state index in [1.807, 2.05) is 60.9 Å². The van der Waals surface area contributed by atoms with Gasteiger partial charge in [-0.3, -0.25) is 14.7 Å². The van der Waals surface area contributed by atoms with Crippen LogP contribution in [0.4, 0.5) is 0 Å². The zero-order valence-electron chi connectivity index (χ0n) is 16.5.